The third-order valence-corrected chi connectivity index (χ3v) is 6.03. The molecular formula is C20H17N7O2S. The number of pyridine rings is 1. The van der Waals surface area contributed by atoms with Crippen molar-refractivity contribution in [2.24, 2.45) is 7.05 Å². The molecule has 150 valence electrons. The lowest BCUT2D eigenvalue weighted by molar-refractivity contribution is 0.101. The van der Waals surface area contributed by atoms with Crippen LogP contribution < -0.4 is 5.56 Å². The number of aryl methyl sites for hydroxylation is 1. The van der Waals surface area contributed by atoms with E-state index in [9.17, 15) is 9.59 Å². The highest BCUT2D eigenvalue weighted by molar-refractivity contribution is 7.19. The number of aromatic amines is 1. The second-order valence-corrected chi connectivity index (χ2v) is 8.10. The monoisotopic (exact) mass is 419 g/mol. The zero-order valence-corrected chi connectivity index (χ0v) is 17.1. The molecule has 0 aliphatic rings. The Kier molecular flexibility index (Phi) is 4.28. The summed E-state index contributed by atoms with van der Waals surface area (Å²) in [7, 11) is 1.84. The van der Waals surface area contributed by atoms with Crippen molar-refractivity contribution < 1.29 is 4.79 Å². The van der Waals surface area contributed by atoms with E-state index in [1.54, 1.807) is 41.9 Å². The highest BCUT2D eigenvalue weighted by Crippen LogP contribution is 2.31. The summed E-state index contributed by atoms with van der Waals surface area (Å²) < 4.78 is 4.12. The van der Waals surface area contributed by atoms with Gasteiger partial charge >= 0.3 is 0 Å². The van der Waals surface area contributed by atoms with Gasteiger partial charge in [-0.3, -0.25) is 14.7 Å². The molecule has 0 spiro atoms. The zero-order valence-electron chi connectivity index (χ0n) is 16.3. The number of H-pyrrole nitrogens is 1. The van der Waals surface area contributed by atoms with E-state index in [-0.39, 0.29) is 17.9 Å². The predicted molar refractivity (Wildman–Crippen MR) is 113 cm³/mol. The summed E-state index contributed by atoms with van der Waals surface area (Å²) >= 11 is 1.55. The van der Waals surface area contributed by atoms with E-state index in [4.69, 9.17) is 4.98 Å². The summed E-state index contributed by atoms with van der Waals surface area (Å²) in [5, 5.41) is 13.0. The van der Waals surface area contributed by atoms with E-state index in [1.165, 1.54) is 11.6 Å². The Morgan fingerprint density at radius 1 is 1.23 bits per heavy atom. The highest BCUT2D eigenvalue weighted by Gasteiger charge is 2.18. The predicted octanol–water partition coefficient (Wildman–Crippen LogP) is 2.30. The van der Waals surface area contributed by atoms with Gasteiger partial charge in [0.15, 0.2) is 11.4 Å². The Hall–Kier alpha value is -3.66. The minimum atomic E-state index is -0.217. The maximum Gasteiger partial charge on any atom is 0.291 e. The standard InChI is InChI=1S/C20H17N7O2S/c1-11(28)15-5-3-4-13(23-15)10-27-20(29)17-14(9-22-27)18-19(26(17)2)24-16(30-18)8-12-6-7-21-25-12/h3-7,9H,8,10H2,1-2H3,(H,21,25). The molecule has 0 aliphatic heterocycles. The lowest BCUT2D eigenvalue weighted by Gasteiger charge is -2.06. The second-order valence-electron chi connectivity index (χ2n) is 7.02. The van der Waals surface area contributed by atoms with Crippen molar-refractivity contribution in [1.29, 1.82) is 0 Å². The summed E-state index contributed by atoms with van der Waals surface area (Å²) in [6.07, 6.45) is 4.07. The first-order chi connectivity index (χ1) is 14.5. The summed E-state index contributed by atoms with van der Waals surface area (Å²) in [5.74, 6) is -0.118. The van der Waals surface area contributed by atoms with Crippen molar-refractivity contribution >= 4 is 38.4 Å². The number of hydrogen-bond acceptors (Lipinski definition) is 7. The van der Waals surface area contributed by atoms with E-state index in [0.717, 1.165) is 26.4 Å². The normalized spacial score (nSPS) is 11.5. The fraction of sp³-hybridized carbons (Fsp3) is 0.200. The molecule has 10 heteroatoms. The van der Waals surface area contributed by atoms with Gasteiger partial charge < -0.3 is 4.57 Å². The molecule has 0 fully saturated rings. The van der Waals surface area contributed by atoms with Gasteiger partial charge in [0, 0.05) is 37.7 Å². The van der Waals surface area contributed by atoms with Crippen LogP contribution in [0.5, 0.6) is 0 Å². The van der Waals surface area contributed by atoms with Gasteiger partial charge in [-0.1, -0.05) is 6.07 Å². The number of nitrogens with one attached hydrogen (secondary N) is 1. The number of carbonyl (C=O) groups excluding carboxylic acids is 1. The van der Waals surface area contributed by atoms with Gasteiger partial charge in [0.2, 0.25) is 0 Å². The van der Waals surface area contributed by atoms with Crippen LogP contribution in [0.4, 0.5) is 0 Å². The van der Waals surface area contributed by atoms with Crippen molar-refractivity contribution in [2.45, 2.75) is 19.9 Å². The smallest absolute Gasteiger partial charge is 0.291 e. The third kappa shape index (κ3) is 3.01. The summed E-state index contributed by atoms with van der Waals surface area (Å²) in [6, 6.07) is 7.10. The number of nitrogens with zero attached hydrogens (tertiary/aromatic N) is 6. The van der Waals surface area contributed by atoms with Crippen molar-refractivity contribution in [1.82, 2.24) is 34.5 Å². The maximum atomic E-state index is 13.1. The molecule has 5 rings (SSSR count). The Morgan fingerprint density at radius 3 is 2.87 bits per heavy atom. The topological polar surface area (TPSA) is 111 Å². The lowest BCUT2D eigenvalue weighted by Crippen LogP contribution is -2.25. The quantitative estimate of drug-likeness (QED) is 0.438. The van der Waals surface area contributed by atoms with Crippen LogP contribution in [0.25, 0.3) is 21.3 Å². The number of thiazole rings is 1. The molecule has 0 saturated heterocycles. The van der Waals surface area contributed by atoms with Crippen molar-refractivity contribution in [3.63, 3.8) is 0 Å². The molecule has 0 bridgehead atoms. The molecule has 30 heavy (non-hydrogen) atoms. The first-order valence-electron chi connectivity index (χ1n) is 9.30. The summed E-state index contributed by atoms with van der Waals surface area (Å²) in [5.41, 5.74) is 3.06. The maximum absolute atomic E-state index is 13.1. The van der Waals surface area contributed by atoms with Gasteiger partial charge in [0.25, 0.3) is 5.56 Å². The number of carbonyl (C=O) groups is 1. The number of aromatic nitrogens is 7. The number of fused-ring (bicyclic) bond motifs is 3. The Balaban J connectivity index is 1.55. The van der Waals surface area contributed by atoms with Crippen molar-refractivity contribution in [3.05, 3.63) is 69.1 Å². The zero-order chi connectivity index (χ0) is 20.8. The largest absolute Gasteiger partial charge is 0.323 e. The van der Waals surface area contributed by atoms with Gasteiger partial charge in [-0.25, -0.2) is 14.6 Å². The fourth-order valence-electron chi connectivity index (χ4n) is 3.48. The average Bonchev–Trinajstić information content (AvgIpc) is 3.44. The van der Waals surface area contributed by atoms with E-state index >= 15 is 0 Å². The van der Waals surface area contributed by atoms with Gasteiger partial charge in [-0.15, -0.1) is 11.3 Å². The van der Waals surface area contributed by atoms with Crippen LogP contribution in [0.2, 0.25) is 0 Å². The molecule has 0 saturated carbocycles. The van der Waals surface area contributed by atoms with Crippen LogP contribution in [0.3, 0.4) is 0 Å². The number of hydrogen-bond donors (Lipinski definition) is 1. The number of ketones is 1. The van der Waals surface area contributed by atoms with Crippen LogP contribution >= 0.6 is 11.3 Å². The minimum absolute atomic E-state index is 0.118. The summed E-state index contributed by atoms with van der Waals surface area (Å²) in [4.78, 5) is 33.7. The molecule has 5 aromatic rings. The lowest BCUT2D eigenvalue weighted by atomic mass is 10.2. The van der Waals surface area contributed by atoms with Gasteiger partial charge in [-0.05, 0) is 18.2 Å². The second kappa shape index (κ2) is 6.99. The van der Waals surface area contributed by atoms with Gasteiger partial charge in [0.05, 0.1) is 23.1 Å². The average molecular weight is 419 g/mol. The first kappa shape index (κ1) is 18.4. The minimum Gasteiger partial charge on any atom is -0.323 e. The molecule has 5 heterocycles. The Bertz CT molecular complexity index is 1460. The van der Waals surface area contributed by atoms with Crippen LogP contribution in [0.1, 0.15) is 33.8 Å². The Labute approximate surface area is 174 Å². The molecule has 0 unspecified atom stereocenters. The molecule has 9 nitrogen and oxygen atoms in total. The fourth-order valence-corrected chi connectivity index (χ4v) is 4.61. The van der Waals surface area contributed by atoms with Gasteiger partial charge in [0.1, 0.15) is 16.2 Å². The van der Waals surface area contributed by atoms with Crippen molar-refractivity contribution in [3.8, 4) is 0 Å². The highest BCUT2D eigenvalue weighted by atomic mass is 32.1. The van der Waals surface area contributed by atoms with E-state index < -0.39 is 0 Å². The SMILES string of the molecule is CC(=O)c1cccc(Cn2ncc3c4sc(Cc5ccn[nH]5)nc4n(C)c3c2=O)n1. The van der Waals surface area contributed by atoms with Crippen LogP contribution in [-0.2, 0) is 20.0 Å². The summed E-state index contributed by atoms with van der Waals surface area (Å²) in [6.45, 7) is 1.65. The van der Waals surface area contributed by atoms with E-state index in [1.807, 2.05) is 17.7 Å². The number of rotatable bonds is 5. The van der Waals surface area contributed by atoms with Gasteiger partial charge in [-0.2, -0.15) is 10.2 Å². The molecule has 0 amide bonds. The third-order valence-electron chi connectivity index (χ3n) is 4.95. The molecule has 0 atom stereocenters. The van der Waals surface area contributed by atoms with E-state index in [0.29, 0.717) is 23.3 Å². The molecule has 0 aromatic carbocycles. The van der Waals surface area contributed by atoms with Crippen LogP contribution in [0.15, 0.2) is 41.5 Å². The molecule has 0 aliphatic carbocycles. The van der Waals surface area contributed by atoms with E-state index in [2.05, 4.69) is 20.3 Å². The molecule has 0 radical (unpaired) electrons. The van der Waals surface area contributed by atoms with Crippen molar-refractivity contribution in [2.75, 3.05) is 0 Å². The van der Waals surface area contributed by atoms with Crippen LogP contribution in [0, 0.1) is 0 Å². The molecular weight excluding hydrogens is 402 g/mol. The van der Waals surface area contributed by atoms with Crippen LogP contribution in [-0.4, -0.2) is 40.3 Å². The first-order valence-corrected chi connectivity index (χ1v) is 10.1. The molecule has 1 N–H and O–H groups in total. The number of Topliss-reactive ketones (excluding diaryl/α,β-unsaturated/α-hetero) is 1. The molecule has 5 aromatic heterocycles. The Morgan fingerprint density at radius 2 is 2.10 bits per heavy atom.